The summed E-state index contributed by atoms with van der Waals surface area (Å²) in [5.74, 6) is 0.945. The maximum absolute atomic E-state index is 10.1. The van der Waals surface area contributed by atoms with Crippen LogP contribution < -0.4 is 4.90 Å². The van der Waals surface area contributed by atoms with Crippen molar-refractivity contribution in [1.82, 2.24) is 9.97 Å². The number of thiophene rings is 1. The van der Waals surface area contributed by atoms with E-state index >= 15 is 0 Å². The number of likely N-dealkylation sites (N-methyl/N-ethyl adjacent to an activating group) is 1. The summed E-state index contributed by atoms with van der Waals surface area (Å²) in [6.07, 6.45) is 5.61. The van der Waals surface area contributed by atoms with E-state index in [-0.39, 0.29) is 12.1 Å². The zero-order chi connectivity index (χ0) is 12.5. The van der Waals surface area contributed by atoms with Gasteiger partial charge in [0.15, 0.2) is 0 Å². The van der Waals surface area contributed by atoms with Crippen LogP contribution >= 0.6 is 11.3 Å². The van der Waals surface area contributed by atoms with Gasteiger partial charge in [0.2, 0.25) is 0 Å². The van der Waals surface area contributed by atoms with Gasteiger partial charge in [-0.25, -0.2) is 9.97 Å². The maximum Gasteiger partial charge on any atom is 0.150 e. The van der Waals surface area contributed by atoms with E-state index in [0.29, 0.717) is 0 Å². The molecular formula is C13H17N3OS. The summed E-state index contributed by atoms with van der Waals surface area (Å²) in [5.41, 5.74) is 0.988. The summed E-state index contributed by atoms with van der Waals surface area (Å²) in [5, 5.41) is 12.2. The summed E-state index contributed by atoms with van der Waals surface area (Å²) in [7, 11) is 2.03. The van der Waals surface area contributed by atoms with Crippen molar-refractivity contribution in [2.75, 3.05) is 11.9 Å². The average molecular weight is 263 g/mol. The molecule has 5 heteroatoms. The van der Waals surface area contributed by atoms with Crippen LogP contribution in [0.3, 0.4) is 0 Å². The largest absolute Gasteiger partial charge is 0.391 e. The monoisotopic (exact) mass is 263 g/mol. The Morgan fingerprint density at radius 1 is 1.33 bits per heavy atom. The Kier molecular flexibility index (Phi) is 3.18. The van der Waals surface area contributed by atoms with Gasteiger partial charge in [-0.3, -0.25) is 0 Å². The average Bonchev–Trinajstić information content (AvgIpc) is 2.86. The molecule has 2 atom stereocenters. The molecule has 1 fully saturated rings. The van der Waals surface area contributed by atoms with Crippen LogP contribution in [0.5, 0.6) is 0 Å². The van der Waals surface area contributed by atoms with Crippen molar-refractivity contribution in [2.45, 2.75) is 37.8 Å². The minimum absolute atomic E-state index is 0.180. The minimum Gasteiger partial charge on any atom is -0.391 e. The van der Waals surface area contributed by atoms with Gasteiger partial charge >= 0.3 is 0 Å². The molecule has 2 heterocycles. The Bertz CT molecular complexity index is 542. The summed E-state index contributed by atoms with van der Waals surface area (Å²) in [6.45, 7) is 0. The number of hydrogen-bond donors (Lipinski definition) is 1. The number of anilines is 1. The molecular weight excluding hydrogens is 246 g/mol. The molecule has 18 heavy (non-hydrogen) atoms. The van der Waals surface area contributed by atoms with Crippen LogP contribution in [0.2, 0.25) is 0 Å². The lowest BCUT2D eigenvalue weighted by atomic mass is 9.91. The van der Waals surface area contributed by atoms with Gasteiger partial charge in [-0.05, 0) is 24.3 Å². The van der Waals surface area contributed by atoms with Crippen LogP contribution in [0, 0.1) is 0 Å². The third-order valence-electron chi connectivity index (χ3n) is 3.75. The first-order valence-electron chi connectivity index (χ1n) is 6.36. The molecule has 0 saturated heterocycles. The van der Waals surface area contributed by atoms with E-state index in [4.69, 9.17) is 0 Å². The third kappa shape index (κ3) is 1.97. The smallest absolute Gasteiger partial charge is 0.150 e. The highest BCUT2D eigenvalue weighted by Crippen LogP contribution is 2.31. The molecule has 2 unspecified atom stereocenters. The van der Waals surface area contributed by atoms with E-state index in [1.807, 2.05) is 18.5 Å². The second-order valence-corrected chi connectivity index (χ2v) is 5.78. The van der Waals surface area contributed by atoms with E-state index in [0.717, 1.165) is 35.3 Å². The number of hydrogen-bond acceptors (Lipinski definition) is 5. The van der Waals surface area contributed by atoms with Crippen LogP contribution in [0.4, 0.5) is 5.82 Å². The molecule has 1 N–H and O–H groups in total. The first-order valence-corrected chi connectivity index (χ1v) is 7.24. The van der Waals surface area contributed by atoms with Crippen molar-refractivity contribution in [3.63, 3.8) is 0 Å². The van der Waals surface area contributed by atoms with Gasteiger partial charge < -0.3 is 10.0 Å². The molecule has 0 aliphatic heterocycles. The van der Waals surface area contributed by atoms with E-state index in [2.05, 4.69) is 14.9 Å². The maximum atomic E-state index is 10.1. The molecule has 0 spiro atoms. The van der Waals surface area contributed by atoms with Gasteiger partial charge in [-0.1, -0.05) is 12.8 Å². The van der Waals surface area contributed by atoms with Crippen LogP contribution in [-0.2, 0) is 0 Å². The SMILES string of the molecule is CN(c1ncnc2ccsc12)C1CCCCC1O. The molecule has 1 saturated carbocycles. The Morgan fingerprint density at radius 3 is 3.00 bits per heavy atom. The van der Waals surface area contributed by atoms with Crippen molar-refractivity contribution in [3.05, 3.63) is 17.8 Å². The predicted molar refractivity (Wildman–Crippen MR) is 74.1 cm³/mol. The first-order chi connectivity index (χ1) is 8.77. The number of rotatable bonds is 2. The summed E-state index contributed by atoms with van der Waals surface area (Å²) in [6, 6.07) is 2.19. The molecule has 3 rings (SSSR count). The second kappa shape index (κ2) is 4.82. The van der Waals surface area contributed by atoms with Crippen molar-refractivity contribution >= 4 is 27.4 Å². The number of nitrogens with zero attached hydrogens (tertiary/aromatic N) is 3. The van der Waals surface area contributed by atoms with Gasteiger partial charge in [0.1, 0.15) is 12.1 Å². The molecule has 0 radical (unpaired) electrons. The Labute approximate surface area is 110 Å². The fraction of sp³-hybridized carbons (Fsp3) is 0.538. The van der Waals surface area contributed by atoms with Gasteiger partial charge in [-0.2, -0.15) is 0 Å². The number of aromatic nitrogens is 2. The van der Waals surface area contributed by atoms with Gasteiger partial charge in [0, 0.05) is 7.05 Å². The Balaban J connectivity index is 1.95. The molecule has 1 aliphatic carbocycles. The van der Waals surface area contributed by atoms with E-state index in [9.17, 15) is 5.11 Å². The third-order valence-corrected chi connectivity index (χ3v) is 4.65. The predicted octanol–water partition coefficient (Wildman–Crippen LogP) is 2.43. The standard InChI is InChI=1S/C13H17N3OS/c1-16(10-4-2-3-5-11(10)17)13-12-9(6-7-18-12)14-8-15-13/h6-8,10-11,17H,2-5H2,1H3. The van der Waals surface area contributed by atoms with E-state index < -0.39 is 0 Å². The summed E-state index contributed by atoms with van der Waals surface area (Å²) in [4.78, 5) is 10.8. The lowest BCUT2D eigenvalue weighted by Gasteiger charge is -2.35. The van der Waals surface area contributed by atoms with Crippen molar-refractivity contribution < 1.29 is 5.11 Å². The van der Waals surface area contributed by atoms with Crippen molar-refractivity contribution in [1.29, 1.82) is 0 Å². The quantitative estimate of drug-likeness (QED) is 0.904. The van der Waals surface area contributed by atoms with Gasteiger partial charge in [-0.15, -0.1) is 11.3 Å². The van der Waals surface area contributed by atoms with Gasteiger partial charge in [0.25, 0.3) is 0 Å². The topological polar surface area (TPSA) is 49.2 Å². The lowest BCUT2D eigenvalue weighted by molar-refractivity contribution is 0.106. The minimum atomic E-state index is -0.242. The molecule has 0 bridgehead atoms. The van der Waals surface area contributed by atoms with E-state index in [1.54, 1.807) is 17.7 Å². The fourth-order valence-corrected chi connectivity index (χ4v) is 3.60. The molecule has 0 aromatic carbocycles. The summed E-state index contributed by atoms with van der Waals surface area (Å²) < 4.78 is 1.11. The molecule has 2 aromatic rings. The zero-order valence-electron chi connectivity index (χ0n) is 10.4. The van der Waals surface area contributed by atoms with E-state index in [1.165, 1.54) is 6.42 Å². The number of fused-ring (bicyclic) bond motifs is 1. The van der Waals surface area contributed by atoms with Crippen LogP contribution in [0.15, 0.2) is 17.8 Å². The van der Waals surface area contributed by atoms with Crippen molar-refractivity contribution in [2.24, 2.45) is 0 Å². The van der Waals surface area contributed by atoms with Crippen LogP contribution in [0.1, 0.15) is 25.7 Å². The molecule has 96 valence electrons. The summed E-state index contributed by atoms with van der Waals surface area (Å²) >= 11 is 1.66. The number of aliphatic hydroxyl groups excluding tert-OH is 1. The number of aliphatic hydroxyl groups is 1. The lowest BCUT2D eigenvalue weighted by Crippen LogP contribution is -2.43. The molecule has 2 aromatic heterocycles. The normalized spacial score (nSPS) is 24.3. The second-order valence-electron chi connectivity index (χ2n) is 4.86. The first kappa shape index (κ1) is 11.9. The highest BCUT2D eigenvalue weighted by molar-refractivity contribution is 7.17. The van der Waals surface area contributed by atoms with Crippen LogP contribution in [-0.4, -0.2) is 34.3 Å². The van der Waals surface area contributed by atoms with Gasteiger partial charge in [0.05, 0.1) is 22.4 Å². The highest BCUT2D eigenvalue weighted by Gasteiger charge is 2.28. The molecule has 0 amide bonds. The Morgan fingerprint density at radius 2 is 2.17 bits per heavy atom. The van der Waals surface area contributed by atoms with Crippen molar-refractivity contribution in [3.8, 4) is 0 Å². The zero-order valence-corrected chi connectivity index (χ0v) is 11.2. The van der Waals surface area contributed by atoms with Crippen LogP contribution in [0.25, 0.3) is 10.2 Å². The molecule has 1 aliphatic rings. The Hall–Kier alpha value is -1.20. The highest BCUT2D eigenvalue weighted by atomic mass is 32.1. The molecule has 4 nitrogen and oxygen atoms in total. The fourth-order valence-electron chi connectivity index (χ4n) is 2.73.